The Hall–Kier alpha value is -0.120. The molecular formula is C13H25NO2. The topological polar surface area (TPSA) is 30.5 Å². The van der Waals surface area contributed by atoms with Crippen LogP contribution in [0.3, 0.4) is 0 Å². The summed E-state index contributed by atoms with van der Waals surface area (Å²) in [5, 5.41) is 3.73. The lowest BCUT2D eigenvalue weighted by molar-refractivity contribution is 0.000992. The van der Waals surface area contributed by atoms with Gasteiger partial charge in [0.25, 0.3) is 0 Å². The van der Waals surface area contributed by atoms with Crippen molar-refractivity contribution in [3.63, 3.8) is 0 Å². The maximum atomic E-state index is 5.56. The summed E-state index contributed by atoms with van der Waals surface area (Å²) in [5.41, 5.74) is 0.444. The highest BCUT2D eigenvalue weighted by atomic mass is 16.5. The third kappa shape index (κ3) is 3.44. The van der Waals surface area contributed by atoms with Gasteiger partial charge < -0.3 is 14.8 Å². The van der Waals surface area contributed by atoms with Crippen LogP contribution in [0.25, 0.3) is 0 Å². The quantitative estimate of drug-likeness (QED) is 0.799. The van der Waals surface area contributed by atoms with Crippen molar-refractivity contribution in [3.8, 4) is 0 Å². The molecule has 2 rings (SSSR count). The van der Waals surface area contributed by atoms with Gasteiger partial charge in [-0.3, -0.25) is 0 Å². The molecule has 3 nitrogen and oxygen atoms in total. The Balaban J connectivity index is 1.73. The molecule has 1 N–H and O–H groups in total. The van der Waals surface area contributed by atoms with E-state index in [9.17, 15) is 0 Å². The Bertz CT molecular complexity index is 214. The van der Waals surface area contributed by atoms with Gasteiger partial charge in [0.05, 0.1) is 6.10 Å². The fourth-order valence-electron chi connectivity index (χ4n) is 2.62. The molecule has 0 saturated carbocycles. The van der Waals surface area contributed by atoms with Crippen molar-refractivity contribution in [1.82, 2.24) is 5.32 Å². The van der Waals surface area contributed by atoms with Gasteiger partial charge in [-0.25, -0.2) is 0 Å². The summed E-state index contributed by atoms with van der Waals surface area (Å²) in [6, 6.07) is 0.656. The van der Waals surface area contributed by atoms with E-state index in [0.717, 1.165) is 39.2 Å². The van der Waals surface area contributed by atoms with Crippen molar-refractivity contribution >= 4 is 0 Å². The third-order valence-electron chi connectivity index (χ3n) is 4.00. The summed E-state index contributed by atoms with van der Waals surface area (Å²) < 4.78 is 11.0. The fraction of sp³-hybridized carbons (Fsp3) is 1.00. The molecule has 3 heteroatoms. The molecule has 2 aliphatic heterocycles. The summed E-state index contributed by atoms with van der Waals surface area (Å²) in [6.45, 7) is 8.46. The maximum Gasteiger partial charge on any atom is 0.0561 e. The Morgan fingerprint density at radius 2 is 2.00 bits per heavy atom. The molecule has 0 aromatic rings. The molecule has 0 bridgehead atoms. The van der Waals surface area contributed by atoms with Crippen LogP contribution in [0, 0.1) is 5.41 Å². The summed E-state index contributed by atoms with van der Waals surface area (Å²) in [5.74, 6) is 0. The average Bonchev–Trinajstić information content (AvgIpc) is 2.28. The Morgan fingerprint density at radius 3 is 2.69 bits per heavy atom. The monoisotopic (exact) mass is 227 g/mol. The van der Waals surface area contributed by atoms with Crippen molar-refractivity contribution in [2.45, 2.75) is 51.7 Å². The van der Waals surface area contributed by atoms with Gasteiger partial charge in [0.1, 0.15) is 0 Å². The SMILES string of the molecule is CC1CC(NCC2(C)CCOCC2)CCO1. The molecule has 0 aromatic heterocycles. The summed E-state index contributed by atoms with van der Waals surface area (Å²) in [4.78, 5) is 0. The lowest BCUT2D eigenvalue weighted by atomic mass is 9.82. The van der Waals surface area contributed by atoms with Gasteiger partial charge >= 0.3 is 0 Å². The first-order valence-corrected chi connectivity index (χ1v) is 6.61. The zero-order chi connectivity index (χ0) is 11.4. The Labute approximate surface area is 98.9 Å². The molecular weight excluding hydrogens is 202 g/mol. The number of hydrogen-bond acceptors (Lipinski definition) is 3. The van der Waals surface area contributed by atoms with Crippen molar-refractivity contribution in [2.75, 3.05) is 26.4 Å². The zero-order valence-corrected chi connectivity index (χ0v) is 10.6. The normalized spacial score (nSPS) is 34.9. The van der Waals surface area contributed by atoms with Crippen molar-refractivity contribution in [1.29, 1.82) is 0 Å². The second kappa shape index (κ2) is 5.48. The van der Waals surface area contributed by atoms with Gasteiger partial charge in [0, 0.05) is 32.4 Å². The zero-order valence-electron chi connectivity index (χ0n) is 10.6. The summed E-state index contributed by atoms with van der Waals surface area (Å²) >= 11 is 0. The standard InChI is InChI=1S/C13H25NO2/c1-11-9-12(3-6-16-11)14-10-13(2)4-7-15-8-5-13/h11-12,14H,3-10H2,1-2H3. The number of rotatable bonds is 3. The maximum absolute atomic E-state index is 5.56. The molecule has 0 spiro atoms. The van der Waals surface area contributed by atoms with E-state index >= 15 is 0 Å². The van der Waals surface area contributed by atoms with E-state index < -0.39 is 0 Å². The van der Waals surface area contributed by atoms with E-state index in [2.05, 4.69) is 19.2 Å². The van der Waals surface area contributed by atoms with E-state index in [4.69, 9.17) is 9.47 Å². The second-order valence-electron chi connectivity index (χ2n) is 5.71. The lowest BCUT2D eigenvalue weighted by Crippen LogP contribution is -2.44. The number of ether oxygens (including phenoxy) is 2. The predicted octanol–water partition coefficient (Wildman–Crippen LogP) is 1.96. The molecule has 0 radical (unpaired) electrons. The molecule has 94 valence electrons. The molecule has 2 heterocycles. The largest absolute Gasteiger partial charge is 0.381 e. The second-order valence-corrected chi connectivity index (χ2v) is 5.71. The minimum atomic E-state index is 0.425. The van der Waals surface area contributed by atoms with Crippen LogP contribution in [0.15, 0.2) is 0 Å². The molecule has 16 heavy (non-hydrogen) atoms. The van der Waals surface area contributed by atoms with Crippen molar-refractivity contribution in [2.24, 2.45) is 5.41 Å². The molecule has 2 fully saturated rings. The lowest BCUT2D eigenvalue weighted by Gasteiger charge is -2.36. The first kappa shape index (κ1) is 12.3. The minimum Gasteiger partial charge on any atom is -0.381 e. The molecule has 2 unspecified atom stereocenters. The first-order chi connectivity index (χ1) is 7.68. The van der Waals surface area contributed by atoms with E-state index in [-0.39, 0.29) is 0 Å². The minimum absolute atomic E-state index is 0.425. The van der Waals surface area contributed by atoms with Gasteiger partial charge in [-0.15, -0.1) is 0 Å². The van der Waals surface area contributed by atoms with Crippen LogP contribution in [0.2, 0.25) is 0 Å². The van der Waals surface area contributed by atoms with Crippen LogP contribution in [0.1, 0.15) is 39.5 Å². The van der Waals surface area contributed by atoms with E-state index in [1.807, 2.05) is 0 Å². The van der Waals surface area contributed by atoms with E-state index in [1.54, 1.807) is 0 Å². The number of hydrogen-bond donors (Lipinski definition) is 1. The van der Waals surface area contributed by atoms with Crippen molar-refractivity contribution < 1.29 is 9.47 Å². The predicted molar refractivity (Wildman–Crippen MR) is 64.6 cm³/mol. The van der Waals surface area contributed by atoms with Gasteiger partial charge in [-0.05, 0) is 38.0 Å². The highest BCUT2D eigenvalue weighted by Crippen LogP contribution is 2.29. The molecule has 0 amide bonds. The average molecular weight is 227 g/mol. The summed E-state index contributed by atoms with van der Waals surface area (Å²) in [7, 11) is 0. The number of nitrogens with one attached hydrogen (secondary N) is 1. The molecule has 0 aromatic carbocycles. The van der Waals surface area contributed by atoms with Gasteiger partial charge in [-0.1, -0.05) is 6.92 Å². The molecule has 2 atom stereocenters. The first-order valence-electron chi connectivity index (χ1n) is 6.61. The van der Waals surface area contributed by atoms with E-state index in [1.165, 1.54) is 12.8 Å². The van der Waals surface area contributed by atoms with Crippen LogP contribution in [-0.4, -0.2) is 38.5 Å². The highest BCUT2D eigenvalue weighted by molar-refractivity contribution is 4.83. The van der Waals surface area contributed by atoms with Crippen LogP contribution in [0.4, 0.5) is 0 Å². The van der Waals surface area contributed by atoms with Crippen LogP contribution >= 0.6 is 0 Å². The molecule has 2 aliphatic rings. The van der Waals surface area contributed by atoms with Crippen LogP contribution in [0.5, 0.6) is 0 Å². The molecule has 0 aliphatic carbocycles. The van der Waals surface area contributed by atoms with Gasteiger partial charge in [0.15, 0.2) is 0 Å². The van der Waals surface area contributed by atoms with Crippen LogP contribution < -0.4 is 5.32 Å². The molecule has 2 saturated heterocycles. The van der Waals surface area contributed by atoms with Gasteiger partial charge in [-0.2, -0.15) is 0 Å². The van der Waals surface area contributed by atoms with Gasteiger partial charge in [0.2, 0.25) is 0 Å². The highest BCUT2D eigenvalue weighted by Gasteiger charge is 2.28. The smallest absolute Gasteiger partial charge is 0.0561 e. The van der Waals surface area contributed by atoms with Crippen LogP contribution in [-0.2, 0) is 9.47 Å². The third-order valence-corrected chi connectivity index (χ3v) is 4.00. The Morgan fingerprint density at radius 1 is 1.25 bits per heavy atom. The van der Waals surface area contributed by atoms with E-state index in [0.29, 0.717) is 17.6 Å². The van der Waals surface area contributed by atoms with Crippen molar-refractivity contribution in [3.05, 3.63) is 0 Å². The summed E-state index contributed by atoms with van der Waals surface area (Å²) in [6.07, 6.45) is 5.13. The Kier molecular flexibility index (Phi) is 4.22. The fourth-order valence-corrected chi connectivity index (χ4v) is 2.62.